The average molecular weight is 412 g/mol. The molecule has 1 aliphatic heterocycles. The van der Waals surface area contributed by atoms with E-state index in [2.05, 4.69) is 32.6 Å². The van der Waals surface area contributed by atoms with Gasteiger partial charge in [0.15, 0.2) is 5.96 Å². The molecule has 0 spiro atoms. The number of hydrogen-bond donors (Lipinski definition) is 2. The molecule has 30 heavy (non-hydrogen) atoms. The quantitative estimate of drug-likeness (QED) is 0.514. The third kappa shape index (κ3) is 7.22. The highest BCUT2D eigenvalue weighted by Crippen LogP contribution is 2.06. The van der Waals surface area contributed by atoms with Crippen LogP contribution in [0.5, 0.6) is 0 Å². The summed E-state index contributed by atoms with van der Waals surface area (Å²) in [6.45, 7) is 9.20. The summed E-state index contributed by atoms with van der Waals surface area (Å²) < 4.78 is 5.43. The minimum Gasteiger partial charge on any atom is -0.469 e. The molecule has 0 aliphatic carbocycles. The van der Waals surface area contributed by atoms with Crippen molar-refractivity contribution in [3.8, 4) is 0 Å². The normalized spacial score (nSPS) is 15.4. The summed E-state index contributed by atoms with van der Waals surface area (Å²) in [5, 5.41) is 6.46. The Morgan fingerprint density at radius 2 is 1.87 bits per heavy atom. The molecule has 0 atom stereocenters. The van der Waals surface area contributed by atoms with Crippen molar-refractivity contribution < 1.29 is 9.21 Å². The molecule has 7 heteroatoms. The molecule has 7 nitrogen and oxygen atoms in total. The highest BCUT2D eigenvalue weighted by Gasteiger charge is 2.21. The molecule has 0 bridgehead atoms. The Hall–Kier alpha value is -2.80. The van der Waals surface area contributed by atoms with E-state index in [-0.39, 0.29) is 11.9 Å². The van der Waals surface area contributed by atoms with Crippen molar-refractivity contribution in [1.82, 2.24) is 20.4 Å². The van der Waals surface area contributed by atoms with Crippen molar-refractivity contribution in [2.45, 2.75) is 32.9 Å². The molecule has 1 saturated heterocycles. The molecular weight excluding hydrogens is 378 g/mol. The summed E-state index contributed by atoms with van der Waals surface area (Å²) in [5.74, 6) is 1.97. The van der Waals surface area contributed by atoms with Crippen molar-refractivity contribution >= 4 is 11.9 Å². The number of piperazine rings is 1. The summed E-state index contributed by atoms with van der Waals surface area (Å²) in [4.78, 5) is 21.4. The lowest BCUT2D eigenvalue weighted by molar-refractivity contribution is -0.123. The van der Waals surface area contributed by atoms with Gasteiger partial charge in [-0.15, -0.1) is 0 Å². The Kier molecular flexibility index (Phi) is 8.32. The maximum Gasteiger partial charge on any atom is 0.234 e. The Bertz CT molecular complexity index is 781. The molecule has 0 radical (unpaired) electrons. The van der Waals surface area contributed by atoms with Crippen LogP contribution in [-0.2, 0) is 17.8 Å². The first-order chi connectivity index (χ1) is 14.6. The number of carbonyl (C=O) groups is 1. The molecule has 0 unspecified atom stereocenters. The molecule has 3 rings (SSSR count). The monoisotopic (exact) mass is 411 g/mol. The van der Waals surface area contributed by atoms with Gasteiger partial charge in [0.05, 0.1) is 19.4 Å². The van der Waals surface area contributed by atoms with Crippen LogP contribution in [-0.4, -0.2) is 67.0 Å². The second-order valence-electron chi connectivity index (χ2n) is 7.87. The summed E-state index contributed by atoms with van der Waals surface area (Å²) in [6.07, 6.45) is 2.51. The SMILES string of the molecule is CC(C)NC(=O)CN1CCN(C(=NCc2ccccc2)NCCc2ccco2)CC1. The minimum atomic E-state index is 0.0907. The molecule has 2 heterocycles. The zero-order chi connectivity index (χ0) is 21.2. The van der Waals surface area contributed by atoms with Crippen LogP contribution in [0.4, 0.5) is 0 Å². The van der Waals surface area contributed by atoms with E-state index in [4.69, 9.17) is 9.41 Å². The lowest BCUT2D eigenvalue weighted by Crippen LogP contribution is -2.54. The predicted octanol–water partition coefficient (Wildman–Crippen LogP) is 2.11. The molecular formula is C23H33N5O2. The Labute approximate surface area is 179 Å². The number of furan rings is 1. The second kappa shape index (κ2) is 11.4. The van der Waals surface area contributed by atoms with Crippen LogP contribution < -0.4 is 10.6 Å². The van der Waals surface area contributed by atoms with Crippen LogP contribution in [0.25, 0.3) is 0 Å². The summed E-state index contributed by atoms with van der Waals surface area (Å²) in [5.41, 5.74) is 1.19. The van der Waals surface area contributed by atoms with E-state index in [1.54, 1.807) is 6.26 Å². The molecule has 1 amide bonds. The summed E-state index contributed by atoms with van der Waals surface area (Å²) in [7, 11) is 0. The molecule has 1 aromatic carbocycles. The molecule has 1 fully saturated rings. The summed E-state index contributed by atoms with van der Waals surface area (Å²) >= 11 is 0. The van der Waals surface area contributed by atoms with Gasteiger partial charge in [0.25, 0.3) is 0 Å². The number of carbonyl (C=O) groups excluding carboxylic acids is 1. The van der Waals surface area contributed by atoms with Crippen molar-refractivity contribution in [3.05, 3.63) is 60.1 Å². The number of rotatable bonds is 8. The van der Waals surface area contributed by atoms with Crippen molar-refractivity contribution in [3.63, 3.8) is 0 Å². The van der Waals surface area contributed by atoms with Gasteiger partial charge in [0.1, 0.15) is 5.76 Å². The lowest BCUT2D eigenvalue weighted by atomic mass is 10.2. The molecule has 1 aromatic heterocycles. The highest BCUT2D eigenvalue weighted by atomic mass is 16.3. The van der Waals surface area contributed by atoms with Gasteiger partial charge in [-0.25, -0.2) is 4.99 Å². The number of aliphatic imine (C=N–C) groups is 1. The molecule has 0 saturated carbocycles. The molecule has 2 aromatic rings. The zero-order valence-electron chi connectivity index (χ0n) is 18.0. The van der Waals surface area contributed by atoms with Crippen molar-refractivity contribution in [2.75, 3.05) is 39.3 Å². The van der Waals surface area contributed by atoms with Crippen LogP contribution in [0.15, 0.2) is 58.1 Å². The maximum atomic E-state index is 12.0. The van der Waals surface area contributed by atoms with Crippen LogP contribution in [0, 0.1) is 0 Å². The Morgan fingerprint density at radius 3 is 2.53 bits per heavy atom. The number of nitrogens with zero attached hydrogens (tertiary/aromatic N) is 3. The molecule has 2 N–H and O–H groups in total. The number of amides is 1. The molecule has 162 valence electrons. The van der Waals surface area contributed by atoms with Crippen molar-refractivity contribution in [2.24, 2.45) is 4.99 Å². The van der Waals surface area contributed by atoms with E-state index in [1.165, 1.54) is 5.56 Å². The maximum absolute atomic E-state index is 12.0. The third-order valence-corrected chi connectivity index (χ3v) is 4.98. The van der Waals surface area contributed by atoms with E-state index in [0.717, 1.165) is 50.9 Å². The van der Waals surface area contributed by atoms with Gasteiger partial charge in [-0.05, 0) is 31.5 Å². The average Bonchev–Trinajstić information content (AvgIpc) is 3.25. The fourth-order valence-electron chi connectivity index (χ4n) is 3.46. The molecule has 1 aliphatic rings. The smallest absolute Gasteiger partial charge is 0.234 e. The van der Waals surface area contributed by atoms with Gasteiger partial charge in [-0.2, -0.15) is 0 Å². The van der Waals surface area contributed by atoms with Crippen LogP contribution in [0.3, 0.4) is 0 Å². The lowest BCUT2D eigenvalue weighted by Gasteiger charge is -2.36. The largest absolute Gasteiger partial charge is 0.469 e. The van der Waals surface area contributed by atoms with Gasteiger partial charge in [0, 0.05) is 45.2 Å². The first-order valence-corrected chi connectivity index (χ1v) is 10.7. The Morgan fingerprint density at radius 1 is 1.10 bits per heavy atom. The van der Waals surface area contributed by atoms with Gasteiger partial charge < -0.3 is 20.0 Å². The van der Waals surface area contributed by atoms with Gasteiger partial charge in [0.2, 0.25) is 5.91 Å². The van der Waals surface area contributed by atoms with Crippen LogP contribution >= 0.6 is 0 Å². The van der Waals surface area contributed by atoms with Gasteiger partial charge >= 0.3 is 0 Å². The third-order valence-electron chi connectivity index (χ3n) is 4.98. The topological polar surface area (TPSA) is 73.1 Å². The van der Waals surface area contributed by atoms with E-state index in [1.807, 2.05) is 44.2 Å². The predicted molar refractivity (Wildman–Crippen MR) is 119 cm³/mol. The van der Waals surface area contributed by atoms with Gasteiger partial charge in [-0.1, -0.05) is 30.3 Å². The van der Waals surface area contributed by atoms with E-state index >= 15 is 0 Å². The number of hydrogen-bond acceptors (Lipinski definition) is 4. The van der Waals surface area contributed by atoms with Crippen molar-refractivity contribution in [1.29, 1.82) is 0 Å². The summed E-state index contributed by atoms with van der Waals surface area (Å²) in [6, 6.07) is 14.4. The minimum absolute atomic E-state index is 0.0907. The van der Waals surface area contributed by atoms with E-state index in [9.17, 15) is 4.79 Å². The second-order valence-corrected chi connectivity index (χ2v) is 7.87. The highest BCUT2D eigenvalue weighted by molar-refractivity contribution is 5.80. The fourth-order valence-corrected chi connectivity index (χ4v) is 3.46. The van der Waals surface area contributed by atoms with Gasteiger partial charge in [-0.3, -0.25) is 9.69 Å². The van der Waals surface area contributed by atoms with Crippen LogP contribution in [0.1, 0.15) is 25.2 Å². The first-order valence-electron chi connectivity index (χ1n) is 10.7. The standard InChI is InChI=1S/C23H33N5O2/c1-19(2)26-22(29)18-27-12-14-28(15-13-27)23(24-11-10-21-9-6-16-30-21)25-17-20-7-4-3-5-8-20/h3-9,16,19H,10-15,17-18H2,1-2H3,(H,24,25)(H,26,29). The number of benzene rings is 1. The number of guanidine groups is 1. The van der Waals surface area contributed by atoms with Crippen LogP contribution in [0.2, 0.25) is 0 Å². The number of nitrogens with one attached hydrogen (secondary N) is 2. The zero-order valence-corrected chi connectivity index (χ0v) is 18.0. The fraction of sp³-hybridized carbons (Fsp3) is 0.478. The van der Waals surface area contributed by atoms with E-state index in [0.29, 0.717) is 13.1 Å². The first kappa shape index (κ1) is 21.9. The van der Waals surface area contributed by atoms with E-state index < -0.39 is 0 Å². The Balaban J connectivity index is 1.55.